The molecule has 4 heteroatoms. The molecule has 4 nitrogen and oxygen atoms in total. The Balaban J connectivity index is 1.93. The molecule has 0 bridgehead atoms. The van der Waals surface area contributed by atoms with Crippen LogP contribution in [0.3, 0.4) is 0 Å². The van der Waals surface area contributed by atoms with E-state index in [0.29, 0.717) is 12.5 Å². The molecule has 1 heterocycles. The van der Waals surface area contributed by atoms with Crippen molar-refractivity contribution in [1.82, 2.24) is 4.90 Å². The van der Waals surface area contributed by atoms with Crippen LogP contribution in [0, 0.1) is 0 Å². The highest BCUT2D eigenvalue weighted by atomic mass is 15.2. The highest BCUT2D eigenvalue weighted by Crippen LogP contribution is 2.13. The number of aliphatic imine (C=N–C) groups is 1. The third kappa shape index (κ3) is 4.15. The monoisotopic (exact) mass is 274 g/mol. The summed E-state index contributed by atoms with van der Waals surface area (Å²) in [4.78, 5) is 8.86. The second-order valence-electron chi connectivity index (χ2n) is 5.64. The summed E-state index contributed by atoms with van der Waals surface area (Å²) in [5.41, 5.74) is 8.52. The number of anilines is 1. The van der Waals surface area contributed by atoms with Crippen molar-refractivity contribution in [1.29, 1.82) is 0 Å². The Morgan fingerprint density at radius 2 is 1.70 bits per heavy atom. The first-order chi connectivity index (χ1) is 9.66. The Morgan fingerprint density at radius 1 is 1.10 bits per heavy atom. The lowest BCUT2D eigenvalue weighted by Gasteiger charge is -2.21. The van der Waals surface area contributed by atoms with E-state index in [1.165, 1.54) is 36.9 Å². The molecule has 1 saturated heterocycles. The third-order valence-electron chi connectivity index (χ3n) is 3.81. The molecule has 20 heavy (non-hydrogen) atoms. The van der Waals surface area contributed by atoms with Crippen molar-refractivity contribution in [3.05, 3.63) is 29.8 Å². The van der Waals surface area contributed by atoms with Crippen LogP contribution >= 0.6 is 0 Å². The summed E-state index contributed by atoms with van der Waals surface area (Å²) < 4.78 is 0. The van der Waals surface area contributed by atoms with Crippen LogP contribution in [0.25, 0.3) is 0 Å². The number of rotatable bonds is 3. The summed E-state index contributed by atoms with van der Waals surface area (Å²) in [5.74, 6) is 0.698. The highest BCUT2D eigenvalue weighted by Gasteiger charge is 2.10. The van der Waals surface area contributed by atoms with Gasteiger partial charge in [0.15, 0.2) is 5.96 Å². The number of hydrogen-bond acceptors (Lipinski definition) is 2. The Hall–Kier alpha value is -1.71. The lowest BCUT2D eigenvalue weighted by atomic mass is 10.2. The van der Waals surface area contributed by atoms with Crippen LogP contribution in [0.4, 0.5) is 5.69 Å². The van der Waals surface area contributed by atoms with Crippen LogP contribution in [0.1, 0.15) is 31.2 Å². The van der Waals surface area contributed by atoms with Gasteiger partial charge < -0.3 is 15.5 Å². The van der Waals surface area contributed by atoms with E-state index in [1.54, 1.807) is 0 Å². The molecule has 1 aliphatic rings. The van der Waals surface area contributed by atoms with Crippen LogP contribution in [-0.2, 0) is 6.54 Å². The summed E-state index contributed by atoms with van der Waals surface area (Å²) >= 11 is 0. The van der Waals surface area contributed by atoms with E-state index in [-0.39, 0.29) is 0 Å². The molecule has 0 saturated carbocycles. The Bertz CT molecular complexity index is 428. The summed E-state index contributed by atoms with van der Waals surface area (Å²) in [5, 5.41) is 0. The highest BCUT2D eigenvalue weighted by molar-refractivity contribution is 5.78. The number of hydrogen-bond donors (Lipinski definition) is 1. The fourth-order valence-electron chi connectivity index (χ4n) is 2.47. The molecule has 0 aromatic heterocycles. The second kappa shape index (κ2) is 7.17. The largest absolute Gasteiger partial charge is 0.378 e. The minimum absolute atomic E-state index is 0.663. The van der Waals surface area contributed by atoms with E-state index in [1.807, 2.05) is 14.1 Å². The zero-order valence-corrected chi connectivity index (χ0v) is 12.7. The van der Waals surface area contributed by atoms with Gasteiger partial charge in [0, 0.05) is 32.9 Å². The molecule has 1 aromatic carbocycles. The molecule has 2 rings (SSSR count). The van der Waals surface area contributed by atoms with Crippen LogP contribution in [0.5, 0.6) is 0 Å². The quantitative estimate of drug-likeness (QED) is 0.680. The van der Waals surface area contributed by atoms with E-state index < -0.39 is 0 Å². The molecular weight excluding hydrogens is 248 g/mol. The maximum Gasteiger partial charge on any atom is 0.191 e. The molecule has 1 aromatic rings. The summed E-state index contributed by atoms with van der Waals surface area (Å²) in [7, 11) is 4.09. The van der Waals surface area contributed by atoms with Gasteiger partial charge in [-0.1, -0.05) is 25.0 Å². The van der Waals surface area contributed by atoms with Crippen molar-refractivity contribution in [3.8, 4) is 0 Å². The molecule has 0 amide bonds. The summed E-state index contributed by atoms with van der Waals surface area (Å²) in [6.07, 6.45) is 5.09. The maximum atomic E-state index is 6.11. The van der Waals surface area contributed by atoms with Crippen LogP contribution in [0.15, 0.2) is 29.3 Å². The molecule has 1 fully saturated rings. The smallest absolute Gasteiger partial charge is 0.191 e. The van der Waals surface area contributed by atoms with Crippen molar-refractivity contribution in [2.75, 3.05) is 32.1 Å². The molecule has 2 N–H and O–H groups in total. The molecule has 0 radical (unpaired) electrons. The maximum absolute atomic E-state index is 6.11. The molecule has 0 atom stereocenters. The topological polar surface area (TPSA) is 44.9 Å². The number of benzene rings is 1. The van der Waals surface area contributed by atoms with E-state index in [9.17, 15) is 0 Å². The minimum Gasteiger partial charge on any atom is -0.378 e. The van der Waals surface area contributed by atoms with E-state index in [4.69, 9.17) is 5.73 Å². The van der Waals surface area contributed by atoms with Crippen molar-refractivity contribution in [2.24, 2.45) is 10.7 Å². The van der Waals surface area contributed by atoms with Crippen LogP contribution in [-0.4, -0.2) is 38.0 Å². The number of nitrogens with two attached hydrogens (primary N) is 1. The fraction of sp³-hybridized carbons (Fsp3) is 0.562. The van der Waals surface area contributed by atoms with Crippen molar-refractivity contribution in [2.45, 2.75) is 32.2 Å². The molecule has 110 valence electrons. The first-order valence-electron chi connectivity index (χ1n) is 7.48. The Morgan fingerprint density at radius 3 is 2.25 bits per heavy atom. The van der Waals surface area contributed by atoms with Gasteiger partial charge in [0.25, 0.3) is 0 Å². The summed E-state index contributed by atoms with van der Waals surface area (Å²) in [6, 6.07) is 8.48. The Kier molecular flexibility index (Phi) is 5.27. The third-order valence-corrected chi connectivity index (χ3v) is 3.81. The van der Waals surface area contributed by atoms with Gasteiger partial charge in [0.2, 0.25) is 0 Å². The van der Waals surface area contributed by atoms with Gasteiger partial charge >= 0.3 is 0 Å². The first-order valence-corrected chi connectivity index (χ1v) is 7.48. The standard InChI is InChI=1S/C16H26N4/c1-19(2)15-9-7-14(8-10-15)13-18-16(17)20-11-5-3-4-6-12-20/h7-10H,3-6,11-13H2,1-2H3,(H2,17,18). The molecule has 1 aliphatic heterocycles. The number of nitrogens with zero attached hydrogens (tertiary/aromatic N) is 3. The van der Waals surface area contributed by atoms with Gasteiger partial charge in [-0.15, -0.1) is 0 Å². The zero-order chi connectivity index (χ0) is 14.4. The first kappa shape index (κ1) is 14.7. The van der Waals surface area contributed by atoms with Gasteiger partial charge in [-0.2, -0.15) is 0 Å². The van der Waals surface area contributed by atoms with Crippen molar-refractivity contribution < 1.29 is 0 Å². The van der Waals surface area contributed by atoms with Gasteiger partial charge in [-0.3, -0.25) is 0 Å². The van der Waals surface area contributed by atoms with Crippen molar-refractivity contribution >= 4 is 11.6 Å². The van der Waals surface area contributed by atoms with E-state index in [0.717, 1.165) is 13.1 Å². The average molecular weight is 274 g/mol. The van der Waals surface area contributed by atoms with Crippen LogP contribution in [0.2, 0.25) is 0 Å². The van der Waals surface area contributed by atoms with Gasteiger partial charge in [-0.25, -0.2) is 4.99 Å². The van der Waals surface area contributed by atoms with Gasteiger partial charge in [-0.05, 0) is 30.5 Å². The van der Waals surface area contributed by atoms with Crippen molar-refractivity contribution in [3.63, 3.8) is 0 Å². The lowest BCUT2D eigenvalue weighted by Crippen LogP contribution is -2.38. The van der Waals surface area contributed by atoms with Gasteiger partial charge in [0.05, 0.1) is 6.54 Å². The zero-order valence-electron chi connectivity index (χ0n) is 12.7. The normalized spacial score (nSPS) is 16.9. The fourth-order valence-corrected chi connectivity index (χ4v) is 2.47. The SMILES string of the molecule is CN(C)c1ccc(CN=C(N)N2CCCCCC2)cc1. The molecule has 0 aliphatic carbocycles. The van der Waals surface area contributed by atoms with Gasteiger partial charge in [0.1, 0.15) is 0 Å². The predicted octanol–water partition coefficient (Wildman–Crippen LogP) is 2.44. The van der Waals surface area contributed by atoms with Crippen LogP contribution < -0.4 is 10.6 Å². The minimum atomic E-state index is 0.663. The predicted molar refractivity (Wildman–Crippen MR) is 86.1 cm³/mol. The molecular formula is C16H26N4. The molecule has 0 spiro atoms. The number of guanidine groups is 1. The Labute approximate surface area is 122 Å². The second-order valence-corrected chi connectivity index (χ2v) is 5.64. The molecule has 0 unspecified atom stereocenters. The van der Waals surface area contributed by atoms with E-state index >= 15 is 0 Å². The summed E-state index contributed by atoms with van der Waals surface area (Å²) in [6.45, 7) is 2.76. The average Bonchev–Trinajstić information content (AvgIpc) is 2.74. The lowest BCUT2D eigenvalue weighted by molar-refractivity contribution is 0.428. The number of likely N-dealkylation sites (tertiary alicyclic amines) is 1. The van der Waals surface area contributed by atoms with E-state index in [2.05, 4.69) is 39.1 Å².